The van der Waals surface area contributed by atoms with E-state index in [0.29, 0.717) is 11.5 Å². The first kappa shape index (κ1) is 17.9. The van der Waals surface area contributed by atoms with Gasteiger partial charge in [-0.25, -0.2) is 4.79 Å². The van der Waals surface area contributed by atoms with Gasteiger partial charge in [0, 0.05) is 37.6 Å². The van der Waals surface area contributed by atoms with Crippen LogP contribution < -0.4 is 5.32 Å². The number of aryl methyl sites for hydroxylation is 1. The number of carboxylic acids is 1. The van der Waals surface area contributed by atoms with Crippen molar-refractivity contribution in [2.75, 3.05) is 51.2 Å². The smallest absolute Gasteiger partial charge is 0.338 e. The van der Waals surface area contributed by atoms with E-state index < -0.39 is 5.97 Å². The summed E-state index contributed by atoms with van der Waals surface area (Å²) in [5, 5.41) is 21.3. The number of aliphatic hydroxyl groups excluding tert-OH is 1. The molecule has 2 heterocycles. The van der Waals surface area contributed by atoms with Crippen molar-refractivity contribution in [3.05, 3.63) is 16.5 Å². The Morgan fingerprint density at radius 1 is 1.26 bits per heavy atom. The number of thiophene rings is 1. The Kier molecular flexibility index (Phi) is 6.52. The zero-order valence-corrected chi connectivity index (χ0v) is 14.1. The summed E-state index contributed by atoms with van der Waals surface area (Å²) in [6, 6.07) is 1.62. The Hall–Kier alpha value is -1.48. The van der Waals surface area contributed by atoms with Crippen molar-refractivity contribution in [3.8, 4) is 0 Å². The third-order valence-corrected chi connectivity index (χ3v) is 5.06. The van der Waals surface area contributed by atoms with Gasteiger partial charge in [-0.3, -0.25) is 14.6 Å². The van der Waals surface area contributed by atoms with E-state index in [1.165, 1.54) is 11.3 Å². The molecule has 8 heteroatoms. The third-order valence-electron chi connectivity index (χ3n) is 3.86. The second kappa shape index (κ2) is 8.39. The zero-order valence-electron chi connectivity index (χ0n) is 13.2. The maximum absolute atomic E-state index is 12.2. The molecule has 1 aromatic rings. The predicted octanol–water partition coefficient (Wildman–Crippen LogP) is 0.557. The monoisotopic (exact) mass is 341 g/mol. The first-order chi connectivity index (χ1) is 11.0. The van der Waals surface area contributed by atoms with Crippen LogP contribution in [0.1, 0.15) is 22.2 Å². The van der Waals surface area contributed by atoms with E-state index in [9.17, 15) is 14.7 Å². The Morgan fingerprint density at radius 3 is 2.48 bits per heavy atom. The average molecular weight is 341 g/mol. The zero-order chi connectivity index (χ0) is 16.8. The Bertz CT molecular complexity index is 553. The second-order valence-electron chi connectivity index (χ2n) is 5.50. The lowest BCUT2D eigenvalue weighted by Crippen LogP contribution is -2.49. The van der Waals surface area contributed by atoms with Gasteiger partial charge in [0.2, 0.25) is 5.91 Å². The molecule has 1 aliphatic heterocycles. The summed E-state index contributed by atoms with van der Waals surface area (Å²) >= 11 is 1.32. The fraction of sp³-hybridized carbons (Fsp3) is 0.600. The maximum Gasteiger partial charge on any atom is 0.338 e. The minimum Gasteiger partial charge on any atom is -0.478 e. The Balaban J connectivity index is 1.88. The molecule has 7 nitrogen and oxygen atoms in total. The molecule has 1 fully saturated rings. The third kappa shape index (κ3) is 5.00. The number of carbonyl (C=O) groups excluding carboxylic acids is 1. The summed E-state index contributed by atoms with van der Waals surface area (Å²) in [6.07, 6.45) is 0.744. The first-order valence-corrected chi connectivity index (χ1v) is 8.56. The largest absolute Gasteiger partial charge is 0.478 e. The number of β-amino-alcohol motifs (C(OH)–C–C–N with tert-alkyl or cyclic N) is 1. The molecule has 1 aromatic heterocycles. The molecule has 0 radical (unpaired) electrons. The molecule has 0 unspecified atom stereocenters. The van der Waals surface area contributed by atoms with Crippen molar-refractivity contribution in [2.45, 2.75) is 13.3 Å². The first-order valence-electron chi connectivity index (χ1n) is 7.75. The van der Waals surface area contributed by atoms with Crippen LogP contribution in [0.25, 0.3) is 0 Å². The van der Waals surface area contributed by atoms with Gasteiger partial charge in [0.15, 0.2) is 0 Å². The molecule has 0 spiro atoms. The molecule has 1 aliphatic rings. The highest BCUT2D eigenvalue weighted by Crippen LogP contribution is 2.28. The molecule has 2 rings (SSSR count). The highest BCUT2D eigenvalue weighted by molar-refractivity contribution is 7.16. The maximum atomic E-state index is 12.2. The Labute approximate surface area is 139 Å². The van der Waals surface area contributed by atoms with E-state index in [2.05, 4.69) is 10.2 Å². The number of nitrogens with zero attached hydrogens (tertiary/aromatic N) is 2. The second-order valence-corrected chi connectivity index (χ2v) is 6.64. The van der Waals surface area contributed by atoms with Crippen molar-refractivity contribution < 1.29 is 19.8 Å². The summed E-state index contributed by atoms with van der Waals surface area (Å²) in [4.78, 5) is 28.5. The standard InChI is InChI=1S/C15H23N3O4S/c1-2-11-9-12(15(21)22)14(23-11)16-13(20)10-18-5-3-17(4-6-18)7-8-19/h9,19H,2-8,10H2,1H3,(H,16,20)(H,21,22). The summed E-state index contributed by atoms with van der Waals surface area (Å²) in [7, 11) is 0. The molecule has 0 aliphatic carbocycles. The van der Waals surface area contributed by atoms with Crippen LogP contribution in [-0.4, -0.2) is 77.8 Å². The van der Waals surface area contributed by atoms with Crippen LogP contribution in [0.4, 0.5) is 5.00 Å². The molecule has 1 saturated heterocycles. The lowest BCUT2D eigenvalue weighted by molar-refractivity contribution is -0.117. The molecule has 23 heavy (non-hydrogen) atoms. The van der Waals surface area contributed by atoms with E-state index in [0.717, 1.165) is 37.5 Å². The van der Waals surface area contributed by atoms with Crippen molar-refractivity contribution in [1.29, 1.82) is 0 Å². The van der Waals surface area contributed by atoms with Gasteiger partial charge in [-0.2, -0.15) is 0 Å². The van der Waals surface area contributed by atoms with Crippen molar-refractivity contribution in [3.63, 3.8) is 0 Å². The van der Waals surface area contributed by atoms with Gasteiger partial charge in [0.1, 0.15) is 5.00 Å². The number of carboxylic acid groups (broad SMARTS) is 1. The van der Waals surface area contributed by atoms with E-state index in [1.54, 1.807) is 6.07 Å². The number of amides is 1. The van der Waals surface area contributed by atoms with Gasteiger partial charge in [-0.15, -0.1) is 11.3 Å². The molecular formula is C15H23N3O4S. The molecule has 0 saturated carbocycles. The van der Waals surface area contributed by atoms with E-state index in [4.69, 9.17) is 5.11 Å². The molecule has 0 aromatic carbocycles. The normalized spacial score (nSPS) is 16.4. The van der Waals surface area contributed by atoms with Crippen molar-refractivity contribution >= 4 is 28.2 Å². The number of nitrogens with one attached hydrogen (secondary N) is 1. The average Bonchev–Trinajstić information content (AvgIpc) is 2.92. The number of hydrogen-bond acceptors (Lipinski definition) is 6. The van der Waals surface area contributed by atoms with Crippen LogP contribution in [0.5, 0.6) is 0 Å². The number of rotatable bonds is 7. The van der Waals surface area contributed by atoms with Crippen LogP contribution in [0.2, 0.25) is 0 Å². The van der Waals surface area contributed by atoms with E-state index in [1.807, 2.05) is 11.8 Å². The number of aliphatic hydroxyl groups is 1. The number of hydrogen-bond donors (Lipinski definition) is 3. The molecule has 3 N–H and O–H groups in total. The topological polar surface area (TPSA) is 93.1 Å². The van der Waals surface area contributed by atoms with Crippen LogP contribution in [-0.2, 0) is 11.2 Å². The molecule has 1 amide bonds. The summed E-state index contributed by atoms with van der Waals surface area (Å²) in [5.74, 6) is -1.21. The van der Waals surface area contributed by atoms with Crippen molar-refractivity contribution in [1.82, 2.24) is 9.80 Å². The van der Waals surface area contributed by atoms with E-state index >= 15 is 0 Å². The lowest BCUT2D eigenvalue weighted by atomic mass is 10.2. The summed E-state index contributed by atoms with van der Waals surface area (Å²) in [5.41, 5.74) is 0.160. The van der Waals surface area contributed by atoms with Crippen LogP contribution in [0.15, 0.2) is 6.07 Å². The molecular weight excluding hydrogens is 318 g/mol. The summed E-state index contributed by atoms with van der Waals surface area (Å²) in [6.45, 7) is 6.21. The minimum atomic E-state index is -1.02. The van der Waals surface area contributed by atoms with Gasteiger partial charge in [0.05, 0.1) is 18.7 Å². The molecule has 0 atom stereocenters. The lowest BCUT2D eigenvalue weighted by Gasteiger charge is -2.33. The highest BCUT2D eigenvalue weighted by atomic mass is 32.1. The van der Waals surface area contributed by atoms with E-state index in [-0.39, 0.29) is 24.6 Å². The van der Waals surface area contributed by atoms with Crippen molar-refractivity contribution in [2.24, 2.45) is 0 Å². The fourth-order valence-electron chi connectivity index (χ4n) is 2.55. The van der Waals surface area contributed by atoms with Gasteiger partial charge in [0.25, 0.3) is 0 Å². The highest BCUT2D eigenvalue weighted by Gasteiger charge is 2.21. The van der Waals surface area contributed by atoms with Gasteiger partial charge >= 0.3 is 5.97 Å². The SMILES string of the molecule is CCc1cc(C(=O)O)c(NC(=O)CN2CCN(CCO)CC2)s1. The predicted molar refractivity (Wildman–Crippen MR) is 89.3 cm³/mol. The van der Waals surface area contributed by atoms with Crippen LogP contribution >= 0.6 is 11.3 Å². The Morgan fingerprint density at radius 2 is 1.91 bits per heavy atom. The van der Waals surface area contributed by atoms with Crippen LogP contribution in [0, 0.1) is 0 Å². The van der Waals surface area contributed by atoms with Crippen LogP contribution in [0.3, 0.4) is 0 Å². The number of aromatic carboxylic acids is 1. The van der Waals surface area contributed by atoms with Gasteiger partial charge in [-0.1, -0.05) is 6.92 Å². The number of anilines is 1. The molecule has 128 valence electrons. The number of piperazine rings is 1. The van der Waals surface area contributed by atoms with Gasteiger partial charge in [-0.05, 0) is 12.5 Å². The minimum absolute atomic E-state index is 0.149. The fourth-order valence-corrected chi connectivity index (χ4v) is 3.55. The number of carbonyl (C=O) groups is 2. The molecule has 0 bridgehead atoms. The van der Waals surface area contributed by atoms with Gasteiger partial charge < -0.3 is 15.5 Å². The summed E-state index contributed by atoms with van der Waals surface area (Å²) < 4.78 is 0. The quantitative estimate of drug-likeness (QED) is 0.671.